The largest absolute Gasteiger partial charge is 0.496 e. The first-order chi connectivity index (χ1) is 8.81. The van der Waals surface area contributed by atoms with Crippen LogP contribution in [-0.2, 0) is 0 Å². The first-order valence-corrected chi connectivity index (χ1v) is 6.33. The molecule has 0 saturated carbocycles. The highest BCUT2D eigenvalue weighted by atomic mass is 32.1. The Bertz CT molecular complexity index is 743. The van der Waals surface area contributed by atoms with E-state index in [0.717, 1.165) is 10.4 Å². The number of rotatable bonds is 2. The van der Waals surface area contributed by atoms with Crippen molar-refractivity contribution in [3.8, 4) is 11.4 Å². The van der Waals surface area contributed by atoms with E-state index in [1.165, 1.54) is 11.5 Å². The molecule has 0 aliphatic carbocycles. The van der Waals surface area contributed by atoms with E-state index in [1.54, 1.807) is 11.1 Å². The second-order valence-electron chi connectivity index (χ2n) is 3.86. The van der Waals surface area contributed by atoms with Crippen molar-refractivity contribution in [2.24, 2.45) is 0 Å². The Morgan fingerprint density at radius 3 is 2.56 bits per heavy atom. The number of hydrogen-bond acceptors (Lipinski definition) is 3. The SMILES string of the molecule is COc1cccc2sn(-c3ccccc3)c(=O)c12. The van der Waals surface area contributed by atoms with Crippen LogP contribution in [0.1, 0.15) is 0 Å². The van der Waals surface area contributed by atoms with Gasteiger partial charge < -0.3 is 4.74 Å². The minimum atomic E-state index is -0.0290. The third-order valence-electron chi connectivity index (χ3n) is 2.79. The van der Waals surface area contributed by atoms with Gasteiger partial charge in [0.15, 0.2) is 0 Å². The fourth-order valence-corrected chi connectivity index (χ4v) is 2.96. The van der Waals surface area contributed by atoms with E-state index in [-0.39, 0.29) is 5.56 Å². The molecule has 1 heterocycles. The summed E-state index contributed by atoms with van der Waals surface area (Å²) in [5.41, 5.74) is 0.851. The van der Waals surface area contributed by atoms with Gasteiger partial charge in [0.05, 0.1) is 17.5 Å². The molecule has 1 aromatic heterocycles. The Labute approximate surface area is 108 Å². The lowest BCUT2D eigenvalue weighted by atomic mass is 10.2. The average Bonchev–Trinajstić information content (AvgIpc) is 2.77. The number of benzene rings is 2. The van der Waals surface area contributed by atoms with Crippen LogP contribution in [0.3, 0.4) is 0 Å². The minimum Gasteiger partial charge on any atom is -0.496 e. The molecule has 0 spiro atoms. The maximum atomic E-state index is 12.4. The van der Waals surface area contributed by atoms with Gasteiger partial charge in [0.1, 0.15) is 11.1 Å². The number of fused-ring (bicyclic) bond motifs is 1. The van der Waals surface area contributed by atoms with Crippen LogP contribution in [0, 0.1) is 0 Å². The number of hydrogen-bond donors (Lipinski definition) is 0. The Morgan fingerprint density at radius 2 is 1.83 bits per heavy atom. The van der Waals surface area contributed by atoms with E-state index in [0.29, 0.717) is 11.1 Å². The molecule has 0 aliphatic heterocycles. The number of para-hydroxylation sites is 1. The summed E-state index contributed by atoms with van der Waals surface area (Å²) in [5.74, 6) is 0.628. The number of ether oxygens (including phenoxy) is 1. The lowest BCUT2D eigenvalue weighted by Gasteiger charge is -1.98. The molecule has 3 rings (SSSR count). The van der Waals surface area contributed by atoms with Crippen LogP contribution in [0.2, 0.25) is 0 Å². The molecule has 0 unspecified atom stereocenters. The first kappa shape index (κ1) is 11.0. The van der Waals surface area contributed by atoms with Crippen LogP contribution in [-0.4, -0.2) is 11.1 Å². The van der Waals surface area contributed by atoms with Crippen molar-refractivity contribution in [2.75, 3.05) is 7.11 Å². The predicted octanol–water partition coefficient (Wildman–Crippen LogP) is 3.06. The van der Waals surface area contributed by atoms with E-state index in [9.17, 15) is 4.79 Å². The lowest BCUT2D eigenvalue weighted by molar-refractivity contribution is 0.419. The van der Waals surface area contributed by atoms with Crippen molar-refractivity contribution in [1.29, 1.82) is 0 Å². The number of aromatic nitrogens is 1. The van der Waals surface area contributed by atoms with Gasteiger partial charge in [-0.15, -0.1) is 0 Å². The summed E-state index contributed by atoms with van der Waals surface area (Å²) in [7, 11) is 1.58. The molecule has 0 amide bonds. The third-order valence-corrected chi connectivity index (χ3v) is 3.88. The zero-order valence-electron chi connectivity index (χ0n) is 9.79. The molecule has 2 aromatic carbocycles. The minimum absolute atomic E-state index is 0.0290. The van der Waals surface area contributed by atoms with Gasteiger partial charge in [-0.2, -0.15) is 0 Å². The maximum Gasteiger partial charge on any atom is 0.276 e. The second-order valence-corrected chi connectivity index (χ2v) is 4.85. The van der Waals surface area contributed by atoms with Gasteiger partial charge in [-0.1, -0.05) is 35.8 Å². The van der Waals surface area contributed by atoms with Gasteiger partial charge >= 0.3 is 0 Å². The standard InChI is InChI=1S/C14H11NO2S/c1-17-11-8-5-9-12-13(11)14(16)15(18-12)10-6-3-2-4-7-10/h2-9H,1H3. The van der Waals surface area contributed by atoms with Gasteiger partial charge in [0, 0.05) is 0 Å². The summed E-state index contributed by atoms with van der Waals surface area (Å²) in [4.78, 5) is 12.4. The molecular formula is C14H11NO2S. The molecule has 90 valence electrons. The summed E-state index contributed by atoms with van der Waals surface area (Å²) in [5, 5.41) is 0.647. The summed E-state index contributed by atoms with van der Waals surface area (Å²) in [6.45, 7) is 0. The summed E-state index contributed by atoms with van der Waals surface area (Å²) < 4.78 is 7.87. The topological polar surface area (TPSA) is 31.2 Å². The fraction of sp³-hybridized carbons (Fsp3) is 0.0714. The Balaban J connectivity index is 2.34. The Morgan fingerprint density at radius 1 is 1.06 bits per heavy atom. The van der Waals surface area contributed by atoms with Crippen LogP contribution in [0.4, 0.5) is 0 Å². The molecule has 4 heteroatoms. The van der Waals surface area contributed by atoms with E-state index < -0.39 is 0 Å². The highest BCUT2D eigenvalue weighted by molar-refractivity contribution is 7.14. The fourth-order valence-electron chi connectivity index (χ4n) is 1.94. The highest BCUT2D eigenvalue weighted by Gasteiger charge is 2.12. The maximum absolute atomic E-state index is 12.4. The van der Waals surface area contributed by atoms with Crippen LogP contribution in [0.15, 0.2) is 53.3 Å². The van der Waals surface area contributed by atoms with Gasteiger partial charge in [0.25, 0.3) is 5.56 Å². The summed E-state index contributed by atoms with van der Waals surface area (Å²) >= 11 is 1.43. The number of methoxy groups -OCH3 is 1. The van der Waals surface area contributed by atoms with Crippen LogP contribution in [0.25, 0.3) is 15.8 Å². The number of nitrogens with zero attached hydrogens (tertiary/aromatic N) is 1. The van der Waals surface area contributed by atoms with Crippen molar-refractivity contribution in [3.63, 3.8) is 0 Å². The zero-order valence-corrected chi connectivity index (χ0v) is 10.6. The highest BCUT2D eigenvalue weighted by Crippen LogP contribution is 2.27. The normalized spacial score (nSPS) is 10.7. The quantitative estimate of drug-likeness (QED) is 0.706. The molecule has 0 radical (unpaired) electrons. The average molecular weight is 257 g/mol. The molecule has 18 heavy (non-hydrogen) atoms. The van der Waals surface area contributed by atoms with Crippen molar-refractivity contribution >= 4 is 21.6 Å². The van der Waals surface area contributed by atoms with Gasteiger partial charge in [-0.05, 0) is 24.3 Å². The van der Waals surface area contributed by atoms with E-state index in [2.05, 4.69) is 0 Å². The molecule has 0 bridgehead atoms. The zero-order chi connectivity index (χ0) is 12.5. The van der Waals surface area contributed by atoms with Crippen molar-refractivity contribution in [3.05, 3.63) is 58.9 Å². The second kappa shape index (κ2) is 4.31. The van der Waals surface area contributed by atoms with Crippen molar-refractivity contribution in [2.45, 2.75) is 0 Å². The molecule has 0 fully saturated rings. The third kappa shape index (κ3) is 1.62. The van der Waals surface area contributed by atoms with Gasteiger partial charge in [-0.3, -0.25) is 4.79 Å². The Hall–Kier alpha value is -2.07. The molecule has 3 nitrogen and oxygen atoms in total. The van der Waals surface area contributed by atoms with Crippen molar-refractivity contribution in [1.82, 2.24) is 3.96 Å². The van der Waals surface area contributed by atoms with E-state index >= 15 is 0 Å². The van der Waals surface area contributed by atoms with Gasteiger partial charge in [-0.25, -0.2) is 3.96 Å². The monoisotopic (exact) mass is 257 g/mol. The smallest absolute Gasteiger partial charge is 0.276 e. The van der Waals surface area contributed by atoms with E-state index in [1.807, 2.05) is 48.5 Å². The predicted molar refractivity (Wildman–Crippen MR) is 74.0 cm³/mol. The molecule has 0 saturated heterocycles. The van der Waals surface area contributed by atoms with Crippen LogP contribution < -0.4 is 10.3 Å². The summed E-state index contributed by atoms with van der Waals surface area (Å²) in [6, 6.07) is 15.3. The van der Waals surface area contributed by atoms with Crippen molar-refractivity contribution < 1.29 is 4.74 Å². The van der Waals surface area contributed by atoms with Crippen LogP contribution in [0.5, 0.6) is 5.75 Å². The molecule has 0 N–H and O–H groups in total. The molecular weight excluding hydrogens is 246 g/mol. The lowest BCUT2D eigenvalue weighted by Crippen LogP contribution is -2.11. The van der Waals surface area contributed by atoms with Crippen LogP contribution >= 0.6 is 11.5 Å². The Kier molecular flexibility index (Phi) is 2.64. The van der Waals surface area contributed by atoms with Gasteiger partial charge in [0.2, 0.25) is 0 Å². The van der Waals surface area contributed by atoms with E-state index in [4.69, 9.17) is 4.74 Å². The molecule has 3 aromatic rings. The molecule has 0 aliphatic rings. The first-order valence-electron chi connectivity index (χ1n) is 5.56. The summed E-state index contributed by atoms with van der Waals surface area (Å²) in [6.07, 6.45) is 0. The molecule has 0 atom stereocenters.